The highest BCUT2D eigenvalue weighted by atomic mass is 79.9. The van der Waals surface area contributed by atoms with E-state index >= 15 is 0 Å². The van der Waals surface area contributed by atoms with Gasteiger partial charge in [-0.1, -0.05) is 0 Å². The number of carbonyl (C=O) groups excluding carboxylic acids is 1. The van der Waals surface area contributed by atoms with Gasteiger partial charge in [-0.3, -0.25) is 4.90 Å². The molecule has 6 heteroatoms. The van der Waals surface area contributed by atoms with Crippen LogP contribution >= 0.6 is 15.9 Å². The topological polar surface area (TPSA) is 45.2 Å². The number of hydrogen-bond donors (Lipinski definition) is 1. The van der Waals surface area contributed by atoms with Crippen LogP contribution in [0.3, 0.4) is 0 Å². The molecule has 1 aromatic heterocycles. The first-order valence-electron chi connectivity index (χ1n) is 4.05. The van der Waals surface area contributed by atoms with Crippen molar-refractivity contribution in [2.24, 2.45) is 0 Å². The van der Waals surface area contributed by atoms with Gasteiger partial charge in [-0.15, -0.1) is 0 Å². The fourth-order valence-electron chi connectivity index (χ4n) is 1.24. The molecule has 1 saturated heterocycles. The second kappa shape index (κ2) is 3.53. The number of aromatic nitrogens is 1. The van der Waals surface area contributed by atoms with Gasteiger partial charge in [0, 0.05) is 25.4 Å². The number of pyridine rings is 1. The van der Waals surface area contributed by atoms with E-state index in [1.54, 1.807) is 0 Å². The van der Waals surface area contributed by atoms with Gasteiger partial charge < -0.3 is 5.32 Å². The van der Waals surface area contributed by atoms with Crippen molar-refractivity contribution in [1.82, 2.24) is 10.3 Å². The Hall–Kier alpha value is -1.17. The molecular weight excluding hydrogens is 253 g/mol. The molecule has 2 rings (SSSR count). The fourth-order valence-corrected chi connectivity index (χ4v) is 1.46. The number of hydrogen-bond acceptors (Lipinski definition) is 2. The molecule has 1 aliphatic heterocycles. The number of nitrogens with zero attached hydrogens (tertiary/aromatic N) is 2. The lowest BCUT2D eigenvalue weighted by atomic mass is 10.4. The molecule has 2 heterocycles. The molecule has 2 amide bonds. The van der Waals surface area contributed by atoms with Crippen LogP contribution in [0.4, 0.5) is 15.0 Å². The third-order valence-corrected chi connectivity index (χ3v) is 2.51. The van der Waals surface area contributed by atoms with E-state index < -0.39 is 5.82 Å². The highest BCUT2D eigenvalue weighted by Gasteiger charge is 2.22. The summed E-state index contributed by atoms with van der Waals surface area (Å²) in [5, 5.41) is 2.61. The first-order valence-corrected chi connectivity index (χ1v) is 4.84. The number of nitrogens with one attached hydrogen (secondary N) is 1. The van der Waals surface area contributed by atoms with Gasteiger partial charge in [-0.05, 0) is 15.9 Å². The molecule has 0 unspecified atom stereocenters. The average Bonchev–Trinajstić information content (AvgIpc) is 2.57. The van der Waals surface area contributed by atoms with E-state index in [4.69, 9.17) is 0 Å². The Kier molecular flexibility index (Phi) is 2.37. The first-order chi connectivity index (χ1) is 6.68. The molecule has 0 atom stereocenters. The number of halogens is 2. The van der Waals surface area contributed by atoms with E-state index in [2.05, 4.69) is 26.2 Å². The van der Waals surface area contributed by atoms with Crippen LogP contribution in [0.25, 0.3) is 0 Å². The van der Waals surface area contributed by atoms with Crippen LogP contribution in [0.2, 0.25) is 0 Å². The standard InChI is InChI=1S/C8H7BrFN3O/c9-5-4-12-7(3-6(5)10)13-2-1-11-8(13)14/h3-4H,1-2H2,(H,11,14). The summed E-state index contributed by atoms with van der Waals surface area (Å²) in [6.45, 7) is 1.09. The average molecular weight is 260 g/mol. The van der Waals surface area contributed by atoms with Crippen molar-refractivity contribution in [3.05, 3.63) is 22.6 Å². The molecule has 14 heavy (non-hydrogen) atoms. The van der Waals surface area contributed by atoms with Gasteiger partial charge in [0.2, 0.25) is 0 Å². The van der Waals surface area contributed by atoms with Gasteiger partial charge in [-0.2, -0.15) is 0 Å². The zero-order valence-electron chi connectivity index (χ0n) is 7.13. The summed E-state index contributed by atoms with van der Waals surface area (Å²) in [4.78, 5) is 16.6. The molecule has 1 N–H and O–H groups in total. The van der Waals surface area contributed by atoms with Crippen LogP contribution in [-0.2, 0) is 0 Å². The van der Waals surface area contributed by atoms with Crippen molar-refractivity contribution in [3.63, 3.8) is 0 Å². The van der Waals surface area contributed by atoms with E-state index in [0.717, 1.165) is 0 Å². The van der Waals surface area contributed by atoms with Crippen LogP contribution in [0.5, 0.6) is 0 Å². The quantitative estimate of drug-likeness (QED) is 0.831. The van der Waals surface area contributed by atoms with E-state index in [-0.39, 0.29) is 6.03 Å². The molecule has 74 valence electrons. The predicted octanol–water partition coefficient (Wildman–Crippen LogP) is 1.51. The lowest BCUT2D eigenvalue weighted by Gasteiger charge is -2.12. The third kappa shape index (κ3) is 1.57. The zero-order chi connectivity index (χ0) is 10.1. The number of rotatable bonds is 1. The van der Waals surface area contributed by atoms with E-state index in [0.29, 0.717) is 23.4 Å². The van der Waals surface area contributed by atoms with Crippen LogP contribution in [0.15, 0.2) is 16.7 Å². The normalized spacial score (nSPS) is 15.9. The van der Waals surface area contributed by atoms with Gasteiger partial charge in [0.25, 0.3) is 0 Å². The molecule has 0 bridgehead atoms. The minimum Gasteiger partial charge on any atom is -0.336 e. The number of carbonyl (C=O) groups is 1. The lowest BCUT2D eigenvalue weighted by molar-refractivity contribution is 0.252. The van der Waals surface area contributed by atoms with E-state index in [9.17, 15) is 9.18 Å². The molecular formula is C8H7BrFN3O. The largest absolute Gasteiger partial charge is 0.336 e. The van der Waals surface area contributed by atoms with E-state index in [1.165, 1.54) is 17.2 Å². The first kappa shape index (κ1) is 9.39. The predicted molar refractivity (Wildman–Crippen MR) is 52.6 cm³/mol. The maximum Gasteiger partial charge on any atom is 0.323 e. The number of urea groups is 1. The Labute approximate surface area is 88.2 Å². The van der Waals surface area contributed by atoms with Crippen molar-refractivity contribution in [1.29, 1.82) is 0 Å². The third-order valence-electron chi connectivity index (χ3n) is 1.93. The Morgan fingerprint density at radius 2 is 2.43 bits per heavy atom. The fraction of sp³-hybridized carbons (Fsp3) is 0.250. The second-order valence-corrected chi connectivity index (χ2v) is 3.69. The summed E-state index contributed by atoms with van der Waals surface area (Å²) in [6.07, 6.45) is 1.34. The summed E-state index contributed by atoms with van der Waals surface area (Å²) >= 11 is 3.00. The molecule has 4 nitrogen and oxygen atoms in total. The zero-order valence-corrected chi connectivity index (χ0v) is 8.71. The minimum atomic E-state index is -0.422. The van der Waals surface area contributed by atoms with Gasteiger partial charge in [0.1, 0.15) is 11.6 Å². The van der Waals surface area contributed by atoms with Crippen LogP contribution in [0, 0.1) is 5.82 Å². The van der Waals surface area contributed by atoms with Crippen molar-refractivity contribution in [2.75, 3.05) is 18.0 Å². The Morgan fingerprint density at radius 1 is 1.64 bits per heavy atom. The highest BCUT2D eigenvalue weighted by molar-refractivity contribution is 9.10. The van der Waals surface area contributed by atoms with Crippen LogP contribution in [0.1, 0.15) is 0 Å². The molecule has 1 aromatic rings. The van der Waals surface area contributed by atoms with Crippen molar-refractivity contribution < 1.29 is 9.18 Å². The molecule has 0 aliphatic carbocycles. The van der Waals surface area contributed by atoms with Crippen LogP contribution in [-0.4, -0.2) is 24.1 Å². The Bertz CT molecular complexity index is 385. The molecule has 1 fully saturated rings. The molecule has 0 radical (unpaired) electrons. The highest BCUT2D eigenvalue weighted by Crippen LogP contribution is 2.20. The molecule has 0 aromatic carbocycles. The monoisotopic (exact) mass is 259 g/mol. The SMILES string of the molecule is O=C1NCCN1c1cc(F)c(Br)cn1. The minimum absolute atomic E-state index is 0.237. The van der Waals surface area contributed by atoms with Crippen molar-refractivity contribution >= 4 is 27.8 Å². The summed E-state index contributed by atoms with van der Waals surface area (Å²) < 4.78 is 13.4. The Balaban J connectivity index is 2.32. The summed E-state index contributed by atoms with van der Waals surface area (Å²) in [7, 11) is 0. The number of amides is 2. The molecule has 1 aliphatic rings. The lowest BCUT2D eigenvalue weighted by Crippen LogP contribution is -2.28. The van der Waals surface area contributed by atoms with E-state index in [1.807, 2.05) is 0 Å². The summed E-state index contributed by atoms with van der Waals surface area (Å²) in [5.41, 5.74) is 0. The van der Waals surface area contributed by atoms with Gasteiger partial charge in [0.05, 0.1) is 4.47 Å². The second-order valence-electron chi connectivity index (χ2n) is 2.84. The van der Waals surface area contributed by atoms with Crippen molar-refractivity contribution in [2.45, 2.75) is 0 Å². The van der Waals surface area contributed by atoms with Gasteiger partial charge in [-0.25, -0.2) is 14.2 Å². The maximum absolute atomic E-state index is 13.1. The number of anilines is 1. The van der Waals surface area contributed by atoms with Crippen LogP contribution < -0.4 is 10.2 Å². The van der Waals surface area contributed by atoms with Gasteiger partial charge in [0.15, 0.2) is 0 Å². The maximum atomic E-state index is 13.1. The smallest absolute Gasteiger partial charge is 0.323 e. The molecule has 0 spiro atoms. The van der Waals surface area contributed by atoms with Gasteiger partial charge >= 0.3 is 6.03 Å². The Morgan fingerprint density at radius 3 is 3.00 bits per heavy atom. The molecule has 0 saturated carbocycles. The van der Waals surface area contributed by atoms with Crippen molar-refractivity contribution in [3.8, 4) is 0 Å². The summed E-state index contributed by atoms with van der Waals surface area (Å²) in [5.74, 6) is -0.0876. The summed E-state index contributed by atoms with van der Waals surface area (Å²) in [6, 6.07) is 0.994.